The van der Waals surface area contributed by atoms with Gasteiger partial charge in [0.25, 0.3) is 0 Å². The lowest BCUT2D eigenvalue weighted by atomic mass is 10.0. The first-order valence-electron chi connectivity index (χ1n) is 6.42. The first-order valence-corrected chi connectivity index (χ1v) is 6.80. The predicted molar refractivity (Wildman–Crippen MR) is 83.2 cm³/mol. The van der Waals surface area contributed by atoms with Gasteiger partial charge in [0.2, 0.25) is 0 Å². The molecule has 0 fully saturated rings. The molecule has 3 nitrogen and oxygen atoms in total. The van der Waals surface area contributed by atoms with Crippen molar-refractivity contribution in [3.8, 4) is 5.75 Å². The summed E-state index contributed by atoms with van der Waals surface area (Å²) in [7, 11) is 1.52. The van der Waals surface area contributed by atoms with E-state index >= 15 is 0 Å². The van der Waals surface area contributed by atoms with E-state index in [2.05, 4.69) is 4.98 Å². The van der Waals surface area contributed by atoms with Gasteiger partial charge in [-0.25, -0.2) is 0 Å². The van der Waals surface area contributed by atoms with Crippen molar-refractivity contribution < 1.29 is 9.53 Å². The van der Waals surface area contributed by atoms with Crippen LogP contribution in [0, 0.1) is 0 Å². The van der Waals surface area contributed by atoms with Crippen molar-refractivity contribution in [3.05, 3.63) is 70.9 Å². The number of carbonyl (C=O) groups excluding carboxylic acids is 1. The number of hydrogen-bond donors (Lipinski definition) is 0. The molecule has 0 amide bonds. The average Bonchev–Trinajstić information content (AvgIpc) is 2.54. The van der Waals surface area contributed by atoms with Crippen LogP contribution in [-0.4, -0.2) is 17.9 Å². The summed E-state index contributed by atoms with van der Waals surface area (Å²) < 4.78 is 5.15. The summed E-state index contributed by atoms with van der Waals surface area (Å²) in [6.07, 6.45) is 1.73. The second-order valence-corrected chi connectivity index (χ2v) is 5.00. The van der Waals surface area contributed by atoms with E-state index in [1.165, 1.54) is 7.11 Å². The molecule has 0 aliphatic rings. The molecule has 0 N–H and O–H groups in total. The van der Waals surface area contributed by atoms with Crippen molar-refractivity contribution >= 4 is 28.3 Å². The summed E-state index contributed by atoms with van der Waals surface area (Å²) in [5, 5.41) is 1.42. The first-order chi connectivity index (χ1) is 10.2. The van der Waals surface area contributed by atoms with Gasteiger partial charge in [0.05, 0.1) is 17.6 Å². The number of pyridine rings is 1. The Bertz CT molecular complexity index is 830. The number of hydrogen-bond acceptors (Lipinski definition) is 3. The molecule has 0 unspecified atom stereocenters. The Hall–Kier alpha value is -2.39. The van der Waals surface area contributed by atoms with Gasteiger partial charge in [0.15, 0.2) is 5.78 Å². The standard InChI is InChI=1S/C17H12ClNO2/c1-21-16-10-13(4-6-14(16)18)17(20)12-5-7-15-11(9-12)3-2-8-19-15/h2-10H,1H3. The minimum absolute atomic E-state index is 0.0734. The van der Waals surface area contributed by atoms with Crippen LogP contribution in [-0.2, 0) is 0 Å². The van der Waals surface area contributed by atoms with E-state index in [0.717, 1.165) is 10.9 Å². The van der Waals surface area contributed by atoms with Crippen molar-refractivity contribution in [1.29, 1.82) is 0 Å². The van der Waals surface area contributed by atoms with Crippen LogP contribution in [0.15, 0.2) is 54.7 Å². The van der Waals surface area contributed by atoms with E-state index in [-0.39, 0.29) is 5.78 Å². The molecule has 0 radical (unpaired) electrons. The van der Waals surface area contributed by atoms with Crippen LogP contribution >= 0.6 is 11.6 Å². The van der Waals surface area contributed by atoms with Crippen LogP contribution in [0.5, 0.6) is 5.75 Å². The Morgan fingerprint density at radius 1 is 1.10 bits per heavy atom. The number of carbonyl (C=O) groups is 1. The fourth-order valence-corrected chi connectivity index (χ4v) is 2.38. The number of rotatable bonds is 3. The highest BCUT2D eigenvalue weighted by Gasteiger charge is 2.12. The first kappa shape index (κ1) is 13.6. The van der Waals surface area contributed by atoms with Crippen LogP contribution in [0.3, 0.4) is 0 Å². The smallest absolute Gasteiger partial charge is 0.193 e. The van der Waals surface area contributed by atoms with Crippen molar-refractivity contribution in [2.45, 2.75) is 0 Å². The third-order valence-corrected chi connectivity index (χ3v) is 3.59. The molecule has 0 saturated carbocycles. The zero-order chi connectivity index (χ0) is 14.8. The molecule has 4 heteroatoms. The molecular weight excluding hydrogens is 286 g/mol. The Morgan fingerprint density at radius 3 is 2.67 bits per heavy atom. The van der Waals surface area contributed by atoms with Gasteiger partial charge in [0, 0.05) is 22.7 Å². The molecule has 1 aromatic heterocycles. The normalized spacial score (nSPS) is 10.6. The highest BCUT2D eigenvalue weighted by atomic mass is 35.5. The van der Waals surface area contributed by atoms with Crippen LogP contribution in [0.4, 0.5) is 0 Å². The molecular formula is C17H12ClNO2. The predicted octanol–water partition coefficient (Wildman–Crippen LogP) is 4.13. The maximum atomic E-state index is 12.6. The number of halogens is 1. The molecule has 0 atom stereocenters. The van der Waals surface area contributed by atoms with Crippen molar-refractivity contribution in [2.24, 2.45) is 0 Å². The van der Waals surface area contributed by atoms with Gasteiger partial charge < -0.3 is 4.74 Å². The molecule has 0 spiro atoms. The Balaban J connectivity index is 2.03. The molecule has 0 bridgehead atoms. The summed E-state index contributed by atoms with van der Waals surface area (Å²) >= 11 is 5.98. The quantitative estimate of drug-likeness (QED) is 0.682. The summed E-state index contributed by atoms with van der Waals surface area (Å²) in [5.41, 5.74) is 2.02. The molecule has 21 heavy (non-hydrogen) atoms. The molecule has 1 heterocycles. The summed E-state index contributed by atoms with van der Waals surface area (Å²) in [6.45, 7) is 0. The van der Waals surface area contributed by atoms with Crippen LogP contribution in [0.25, 0.3) is 10.9 Å². The van der Waals surface area contributed by atoms with Gasteiger partial charge in [0.1, 0.15) is 5.75 Å². The number of aromatic nitrogens is 1. The lowest BCUT2D eigenvalue weighted by Gasteiger charge is -2.07. The SMILES string of the molecule is COc1cc(C(=O)c2ccc3ncccc3c2)ccc1Cl. The van der Waals surface area contributed by atoms with Crippen LogP contribution in [0.2, 0.25) is 5.02 Å². The number of methoxy groups -OCH3 is 1. The second kappa shape index (κ2) is 5.54. The molecule has 0 aliphatic heterocycles. The Morgan fingerprint density at radius 2 is 1.86 bits per heavy atom. The monoisotopic (exact) mass is 297 g/mol. The largest absolute Gasteiger partial charge is 0.495 e. The maximum Gasteiger partial charge on any atom is 0.193 e. The highest BCUT2D eigenvalue weighted by molar-refractivity contribution is 6.32. The van der Waals surface area contributed by atoms with Gasteiger partial charge in [-0.1, -0.05) is 17.7 Å². The molecule has 0 aliphatic carbocycles. The van der Waals surface area contributed by atoms with E-state index in [0.29, 0.717) is 21.9 Å². The molecule has 104 valence electrons. The fraction of sp³-hybridized carbons (Fsp3) is 0.0588. The molecule has 2 aromatic carbocycles. The van der Waals surface area contributed by atoms with E-state index < -0.39 is 0 Å². The maximum absolute atomic E-state index is 12.6. The van der Waals surface area contributed by atoms with Crippen molar-refractivity contribution in [1.82, 2.24) is 4.98 Å². The van der Waals surface area contributed by atoms with Gasteiger partial charge in [-0.15, -0.1) is 0 Å². The lowest BCUT2D eigenvalue weighted by Crippen LogP contribution is -2.02. The number of ether oxygens (including phenoxy) is 1. The third-order valence-electron chi connectivity index (χ3n) is 3.28. The fourth-order valence-electron chi connectivity index (χ4n) is 2.18. The van der Waals surface area contributed by atoms with E-state index in [9.17, 15) is 4.79 Å². The molecule has 3 rings (SSSR count). The number of ketones is 1. The van der Waals surface area contributed by atoms with Crippen molar-refractivity contribution in [3.63, 3.8) is 0 Å². The third kappa shape index (κ3) is 2.60. The molecule has 0 saturated heterocycles. The van der Waals surface area contributed by atoms with Gasteiger partial charge in [-0.3, -0.25) is 9.78 Å². The van der Waals surface area contributed by atoms with Crippen molar-refractivity contribution in [2.75, 3.05) is 7.11 Å². The minimum Gasteiger partial charge on any atom is -0.495 e. The van der Waals surface area contributed by atoms with Gasteiger partial charge >= 0.3 is 0 Å². The van der Waals surface area contributed by atoms with E-state index in [4.69, 9.17) is 16.3 Å². The average molecular weight is 298 g/mol. The summed E-state index contributed by atoms with van der Waals surface area (Å²) in [6, 6.07) is 14.2. The summed E-state index contributed by atoms with van der Waals surface area (Å²) in [5.74, 6) is 0.417. The highest BCUT2D eigenvalue weighted by Crippen LogP contribution is 2.26. The number of nitrogens with zero attached hydrogens (tertiary/aromatic N) is 1. The van der Waals surface area contributed by atoms with Gasteiger partial charge in [-0.2, -0.15) is 0 Å². The summed E-state index contributed by atoms with van der Waals surface area (Å²) in [4.78, 5) is 16.8. The molecule has 3 aromatic rings. The Labute approximate surface area is 127 Å². The van der Waals surface area contributed by atoms with Gasteiger partial charge in [-0.05, 0) is 42.5 Å². The zero-order valence-corrected chi connectivity index (χ0v) is 12.1. The minimum atomic E-state index is -0.0734. The zero-order valence-electron chi connectivity index (χ0n) is 11.3. The topological polar surface area (TPSA) is 39.2 Å². The van der Waals surface area contributed by atoms with Crippen LogP contribution < -0.4 is 4.74 Å². The Kier molecular flexibility index (Phi) is 3.59. The van der Waals surface area contributed by atoms with E-state index in [1.807, 2.05) is 24.3 Å². The number of benzene rings is 2. The lowest BCUT2D eigenvalue weighted by molar-refractivity contribution is 0.103. The number of fused-ring (bicyclic) bond motifs is 1. The second-order valence-electron chi connectivity index (χ2n) is 4.59. The van der Waals surface area contributed by atoms with Crippen LogP contribution in [0.1, 0.15) is 15.9 Å². The van der Waals surface area contributed by atoms with E-state index in [1.54, 1.807) is 30.5 Å².